The molecule has 6 heteroatoms. The molecular formula is C17H29N3O2S. The number of thiophene rings is 1. The van der Waals surface area contributed by atoms with E-state index in [1.807, 2.05) is 4.90 Å². The van der Waals surface area contributed by atoms with Gasteiger partial charge in [0, 0.05) is 26.2 Å². The van der Waals surface area contributed by atoms with E-state index in [9.17, 15) is 9.90 Å². The zero-order valence-corrected chi connectivity index (χ0v) is 15.0. The molecule has 0 bridgehead atoms. The minimum absolute atomic E-state index is 0.00413. The van der Waals surface area contributed by atoms with Crippen LogP contribution in [-0.4, -0.2) is 60.3 Å². The van der Waals surface area contributed by atoms with Crippen LogP contribution in [0.5, 0.6) is 0 Å². The average molecular weight is 340 g/mol. The van der Waals surface area contributed by atoms with E-state index in [2.05, 4.69) is 40.9 Å². The fourth-order valence-corrected chi connectivity index (χ4v) is 3.99. The maximum atomic E-state index is 12.5. The van der Waals surface area contributed by atoms with Crippen LogP contribution >= 0.6 is 11.3 Å². The maximum absolute atomic E-state index is 12.5. The lowest BCUT2D eigenvalue weighted by atomic mass is 9.99. The average Bonchev–Trinajstić information content (AvgIpc) is 3.12. The van der Waals surface area contributed by atoms with E-state index in [0.717, 1.165) is 32.5 Å². The topological polar surface area (TPSA) is 55.8 Å². The summed E-state index contributed by atoms with van der Waals surface area (Å²) in [6.07, 6.45) is 1.99. The SMILES string of the molecule is CCN(CC)C(CNC(=O)N1CCCC(CO)C1)c1ccsc1. The molecule has 1 saturated heterocycles. The number of carbonyl (C=O) groups excluding carboxylic acids is 1. The Hall–Kier alpha value is -1.11. The third-order valence-corrected chi connectivity index (χ3v) is 5.39. The van der Waals surface area contributed by atoms with Gasteiger partial charge in [-0.1, -0.05) is 13.8 Å². The summed E-state index contributed by atoms with van der Waals surface area (Å²) in [5.74, 6) is 0.227. The molecule has 0 aliphatic carbocycles. The summed E-state index contributed by atoms with van der Waals surface area (Å²) < 4.78 is 0. The summed E-state index contributed by atoms with van der Waals surface area (Å²) in [5, 5.41) is 16.7. The van der Waals surface area contributed by atoms with Crippen LogP contribution < -0.4 is 5.32 Å². The van der Waals surface area contributed by atoms with Crippen LogP contribution in [0.2, 0.25) is 0 Å². The summed E-state index contributed by atoms with van der Waals surface area (Å²) in [6, 6.07) is 2.36. The van der Waals surface area contributed by atoms with Crippen molar-refractivity contribution >= 4 is 17.4 Å². The fourth-order valence-electron chi connectivity index (χ4n) is 3.28. The van der Waals surface area contributed by atoms with Crippen molar-refractivity contribution in [3.8, 4) is 0 Å². The Kier molecular flexibility index (Phi) is 7.33. The number of carbonyl (C=O) groups is 1. The molecule has 1 aromatic heterocycles. The molecule has 2 amide bonds. The van der Waals surface area contributed by atoms with Crippen molar-refractivity contribution in [2.24, 2.45) is 5.92 Å². The predicted molar refractivity (Wildman–Crippen MR) is 94.8 cm³/mol. The van der Waals surface area contributed by atoms with Gasteiger partial charge in [0.05, 0.1) is 6.04 Å². The highest BCUT2D eigenvalue weighted by atomic mass is 32.1. The van der Waals surface area contributed by atoms with Crippen LogP contribution in [0.3, 0.4) is 0 Å². The molecule has 0 aromatic carbocycles. The second-order valence-electron chi connectivity index (χ2n) is 6.12. The highest BCUT2D eigenvalue weighted by molar-refractivity contribution is 7.07. The normalized spacial score (nSPS) is 19.8. The van der Waals surface area contributed by atoms with E-state index in [1.165, 1.54) is 5.56 Å². The Bertz CT molecular complexity index is 462. The number of aliphatic hydroxyl groups is 1. The third-order valence-electron chi connectivity index (χ3n) is 4.69. The second-order valence-corrected chi connectivity index (χ2v) is 6.90. The number of hydrogen-bond donors (Lipinski definition) is 2. The molecule has 0 radical (unpaired) electrons. The first-order valence-corrected chi connectivity index (χ1v) is 9.53. The standard InChI is InChI=1S/C17H29N3O2S/c1-3-19(4-2)16(15-7-9-23-13-15)10-18-17(22)20-8-5-6-14(11-20)12-21/h7,9,13-14,16,21H,3-6,8,10-12H2,1-2H3,(H,18,22). The lowest BCUT2D eigenvalue weighted by Gasteiger charge is -2.34. The summed E-state index contributed by atoms with van der Waals surface area (Å²) in [6.45, 7) is 8.47. The first-order chi connectivity index (χ1) is 11.2. The number of amides is 2. The van der Waals surface area contributed by atoms with Gasteiger partial charge in [-0.25, -0.2) is 4.79 Å². The number of likely N-dealkylation sites (tertiary alicyclic amines) is 1. The van der Waals surface area contributed by atoms with Gasteiger partial charge in [0.2, 0.25) is 0 Å². The van der Waals surface area contributed by atoms with E-state index >= 15 is 0 Å². The summed E-state index contributed by atoms with van der Waals surface area (Å²) in [7, 11) is 0. The highest BCUT2D eigenvalue weighted by Crippen LogP contribution is 2.22. The summed E-state index contributed by atoms with van der Waals surface area (Å²) in [5.41, 5.74) is 1.27. The Morgan fingerprint density at radius 1 is 1.52 bits per heavy atom. The Morgan fingerprint density at radius 3 is 2.91 bits per heavy atom. The van der Waals surface area contributed by atoms with Gasteiger partial charge < -0.3 is 15.3 Å². The van der Waals surface area contributed by atoms with E-state index in [4.69, 9.17) is 0 Å². The minimum atomic E-state index is -0.00413. The predicted octanol–water partition coefficient (Wildman–Crippen LogP) is 2.54. The minimum Gasteiger partial charge on any atom is -0.396 e. The number of nitrogens with zero attached hydrogens (tertiary/aromatic N) is 2. The highest BCUT2D eigenvalue weighted by Gasteiger charge is 2.25. The van der Waals surface area contributed by atoms with Crippen LogP contribution in [-0.2, 0) is 0 Å². The largest absolute Gasteiger partial charge is 0.396 e. The number of piperidine rings is 1. The maximum Gasteiger partial charge on any atom is 0.317 e. The molecule has 1 aromatic rings. The van der Waals surface area contributed by atoms with Crippen molar-refractivity contribution in [1.82, 2.24) is 15.1 Å². The molecule has 2 atom stereocenters. The van der Waals surface area contributed by atoms with Crippen molar-refractivity contribution in [2.75, 3.05) is 39.3 Å². The molecule has 1 fully saturated rings. The Morgan fingerprint density at radius 2 is 2.30 bits per heavy atom. The molecular weight excluding hydrogens is 310 g/mol. The van der Waals surface area contributed by atoms with Crippen molar-refractivity contribution in [3.63, 3.8) is 0 Å². The van der Waals surface area contributed by atoms with Crippen LogP contribution in [0.15, 0.2) is 16.8 Å². The molecule has 130 valence electrons. The first-order valence-electron chi connectivity index (χ1n) is 8.59. The van der Waals surface area contributed by atoms with Gasteiger partial charge in [-0.05, 0) is 54.2 Å². The van der Waals surface area contributed by atoms with Crippen LogP contribution in [0.1, 0.15) is 38.3 Å². The number of rotatable bonds is 7. The van der Waals surface area contributed by atoms with Gasteiger partial charge >= 0.3 is 6.03 Å². The second kappa shape index (κ2) is 9.25. The lowest BCUT2D eigenvalue weighted by molar-refractivity contribution is 0.127. The van der Waals surface area contributed by atoms with Gasteiger partial charge in [0.1, 0.15) is 0 Å². The third kappa shape index (κ3) is 4.93. The van der Waals surface area contributed by atoms with Crippen molar-refractivity contribution in [1.29, 1.82) is 0 Å². The van der Waals surface area contributed by atoms with E-state index in [0.29, 0.717) is 13.1 Å². The molecule has 2 N–H and O–H groups in total. The molecule has 2 heterocycles. The summed E-state index contributed by atoms with van der Waals surface area (Å²) >= 11 is 1.69. The Labute approximate surface area is 143 Å². The number of nitrogens with one attached hydrogen (secondary N) is 1. The molecule has 2 rings (SSSR count). The number of urea groups is 1. The number of hydrogen-bond acceptors (Lipinski definition) is 4. The van der Waals surface area contributed by atoms with Gasteiger partial charge in [-0.3, -0.25) is 4.90 Å². The first kappa shape index (κ1) is 18.2. The van der Waals surface area contributed by atoms with E-state index in [-0.39, 0.29) is 24.6 Å². The van der Waals surface area contributed by atoms with Crippen molar-refractivity contribution in [2.45, 2.75) is 32.7 Å². The van der Waals surface area contributed by atoms with Crippen LogP contribution in [0.4, 0.5) is 4.79 Å². The van der Waals surface area contributed by atoms with Gasteiger partial charge in [0.25, 0.3) is 0 Å². The van der Waals surface area contributed by atoms with Crippen molar-refractivity contribution < 1.29 is 9.90 Å². The quantitative estimate of drug-likeness (QED) is 0.803. The zero-order chi connectivity index (χ0) is 16.7. The molecule has 1 aliphatic heterocycles. The molecule has 23 heavy (non-hydrogen) atoms. The van der Waals surface area contributed by atoms with Gasteiger partial charge in [0.15, 0.2) is 0 Å². The zero-order valence-electron chi connectivity index (χ0n) is 14.2. The van der Waals surface area contributed by atoms with Gasteiger partial charge in [-0.15, -0.1) is 0 Å². The lowest BCUT2D eigenvalue weighted by Crippen LogP contribution is -2.48. The Balaban J connectivity index is 1.93. The molecule has 0 spiro atoms. The molecule has 0 saturated carbocycles. The summed E-state index contributed by atoms with van der Waals surface area (Å²) in [4.78, 5) is 16.7. The number of likely N-dealkylation sites (N-methyl/N-ethyl adjacent to an activating group) is 1. The van der Waals surface area contributed by atoms with Crippen LogP contribution in [0, 0.1) is 5.92 Å². The molecule has 1 aliphatic rings. The smallest absolute Gasteiger partial charge is 0.317 e. The number of aliphatic hydroxyl groups excluding tert-OH is 1. The van der Waals surface area contributed by atoms with Crippen LogP contribution in [0.25, 0.3) is 0 Å². The van der Waals surface area contributed by atoms with Gasteiger partial charge in [-0.2, -0.15) is 11.3 Å². The molecule has 2 unspecified atom stereocenters. The molecule has 5 nitrogen and oxygen atoms in total. The fraction of sp³-hybridized carbons (Fsp3) is 0.706. The van der Waals surface area contributed by atoms with Crippen molar-refractivity contribution in [3.05, 3.63) is 22.4 Å². The van der Waals surface area contributed by atoms with E-state index in [1.54, 1.807) is 11.3 Å². The monoisotopic (exact) mass is 339 g/mol. The van der Waals surface area contributed by atoms with E-state index < -0.39 is 0 Å².